The molecule has 1 atom stereocenters. The maximum absolute atomic E-state index is 12.1. The van der Waals surface area contributed by atoms with Crippen LogP contribution >= 0.6 is 0 Å². The number of fused-ring (bicyclic) bond motifs is 1. The molecule has 1 N–H and O–H groups in total. The average molecular weight is 337 g/mol. The maximum Gasteiger partial charge on any atom is 0.415 e. The summed E-state index contributed by atoms with van der Waals surface area (Å²) in [5.74, 6) is -0.240. The highest BCUT2D eigenvalue weighted by molar-refractivity contribution is 5.99. The molecule has 24 heavy (non-hydrogen) atoms. The number of nitrogens with zero attached hydrogens (tertiary/aromatic N) is 2. The number of amides is 3. The SMILES string of the molecule is CN1C(=O)COc2cc(N3CC(C(=O)NCCF)OC3=O)ccc21. The zero-order valence-electron chi connectivity index (χ0n) is 13.0. The lowest BCUT2D eigenvalue weighted by molar-refractivity contribution is -0.127. The molecule has 1 fully saturated rings. The van der Waals surface area contributed by atoms with Gasteiger partial charge in [-0.1, -0.05) is 0 Å². The average Bonchev–Trinajstić information content (AvgIpc) is 2.97. The summed E-state index contributed by atoms with van der Waals surface area (Å²) < 4.78 is 22.5. The Bertz CT molecular complexity index is 696. The molecule has 2 heterocycles. The smallest absolute Gasteiger partial charge is 0.415 e. The fourth-order valence-corrected chi connectivity index (χ4v) is 2.53. The molecule has 0 saturated carbocycles. The number of hydrogen-bond donors (Lipinski definition) is 1. The van der Waals surface area contributed by atoms with Crippen LogP contribution in [0.2, 0.25) is 0 Å². The summed E-state index contributed by atoms with van der Waals surface area (Å²) in [7, 11) is 1.64. The highest BCUT2D eigenvalue weighted by atomic mass is 19.1. The molecular weight excluding hydrogens is 321 g/mol. The summed E-state index contributed by atoms with van der Waals surface area (Å²) in [6, 6.07) is 4.91. The molecule has 0 aromatic heterocycles. The van der Waals surface area contributed by atoms with Crippen molar-refractivity contribution in [1.29, 1.82) is 0 Å². The first kappa shape index (κ1) is 16.0. The van der Waals surface area contributed by atoms with Crippen LogP contribution in [0.4, 0.5) is 20.6 Å². The Morgan fingerprint density at radius 3 is 2.96 bits per heavy atom. The third-order valence-corrected chi connectivity index (χ3v) is 3.84. The molecular formula is C15H16FN3O5. The van der Waals surface area contributed by atoms with Crippen LogP contribution in [0.3, 0.4) is 0 Å². The number of alkyl halides is 1. The number of carbonyl (C=O) groups is 3. The number of cyclic esters (lactones) is 1. The van der Waals surface area contributed by atoms with Crippen LogP contribution in [0.25, 0.3) is 0 Å². The third-order valence-electron chi connectivity index (χ3n) is 3.84. The standard InChI is InChI=1S/C15H16FN3O5/c1-18-10-3-2-9(6-11(10)23-8-13(18)20)19-7-12(24-15(19)22)14(21)17-5-4-16/h2-3,6,12H,4-5,7-8H2,1H3,(H,17,21). The van der Waals surface area contributed by atoms with Gasteiger partial charge in [0.2, 0.25) is 0 Å². The zero-order valence-corrected chi connectivity index (χ0v) is 13.0. The molecule has 8 nitrogen and oxygen atoms in total. The predicted molar refractivity (Wildman–Crippen MR) is 81.9 cm³/mol. The molecule has 128 valence electrons. The lowest BCUT2D eigenvalue weighted by atomic mass is 10.2. The summed E-state index contributed by atoms with van der Waals surface area (Å²) >= 11 is 0. The van der Waals surface area contributed by atoms with Gasteiger partial charge in [-0.3, -0.25) is 14.5 Å². The summed E-state index contributed by atoms with van der Waals surface area (Å²) in [5.41, 5.74) is 1.09. The van der Waals surface area contributed by atoms with E-state index in [4.69, 9.17) is 9.47 Å². The van der Waals surface area contributed by atoms with E-state index in [1.54, 1.807) is 25.2 Å². The van der Waals surface area contributed by atoms with Crippen molar-refractivity contribution in [3.63, 3.8) is 0 Å². The number of benzene rings is 1. The first-order chi connectivity index (χ1) is 11.5. The summed E-state index contributed by atoms with van der Waals surface area (Å²) in [5, 5.41) is 2.34. The molecule has 2 aliphatic heterocycles. The second-order valence-corrected chi connectivity index (χ2v) is 5.36. The number of hydrogen-bond acceptors (Lipinski definition) is 5. The first-order valence-electron chi connectivity index (χ1n) is 7.36. The number of nitrogens with one attached hydrogen (secondary N) is 1. The Labute approximate surface area is 137 Å². The van der Waals surface area contributed by atoms with Crippen LogP contribution in [-0.4, -0.2) is 57.4 Å². The van der Waals surface area contributed by atoms with E-state index in [1.807, 2.05) is 0 Å². The van der Waals surface area contributed by atoms with E-state index >= 15 is 0 Å². The van der Waals surface area contributed by atoms with Crippen LogP contribution in [0, 0.1) is 0 Å². The predicted octanol–water partition coefficient (Wildman–Crippen LogP) is 0.453. The van der Waals surface area contributed by atoms with Crippen LogP contribution in [0.15, 0.2) is 18.2 Å². The molecule has 1 aromatic rings. The molecule has 0 spiro atoms. The lowest BCUT2D eigenvalue weighted by Gasteiger charge is -2.27. The minimum Gasteiger partial charge on any atom is -0.481 e. The lowest BCUT2D eigenvalue weighted by Crippen LogP contribution is -2.38. The van der Waals surface area contributed by atoms with Gasteiger partial charge in [0.1, 0.15) is 12.4 Å². The van der Waals surface area contributed by atoms with Gasteiger partial charge in [0.05, 0.1) is 17.9 Å². The number of ether oxygens (including phenoxy) is 2. The van der Waals surface area contributed by atoms with Crippen LogP contribution in [0.1, 0.15) is 0 Å². The Hall–Kier alpha value is -2.84. The van der Waals surface area contributed by atoms with E-state index in [-0.39, 0.29) is 25.6 Å². The first-order valence-corrected chi connectivity index (χ1v) is 7.36. The molecule has 1 aromatic carbocycles. The minimum absolute atomic E-state index is 0.0184. The van der Waals surface area contributed by atoms with E-state index in [1.165, 1.54) is 9.80 Å². The second-order valence-electron chi connectivity index (χ2n) is 5.36. The van der Waals surface area contributed by atoms with Crippen molar-refractivity contribution in [1.82, 2.24) is 5.32 Å². The Balaban J connectivity index is 1.76. The van der Waals surface area contributed by atoms with Gasteiger partial charge in [0.25, 0.3) is 11.8 Å². The highest BCUT2D eigenvalue weighted by Gasteiger charge is 2.37. The van der Waals surface area contributed by atoms with Gasteiger partial charge in [0.15, 0.2) is 12.7 Å². The van der Waals surface area contributed by atoms with Gasteiger partial charge < -0.3 is 19.7 Å². The van der Waals surface area contributed by atoms with Crippen molar-refractivity contribution < 1.29 is 28.2 Å². The molecule has 0 bridgehead atoms. The summed E-state index contributed by atoms with van der Waals surface area (Å²) in [6.45, 7) is -0.874. The van der Waals surface area contributed by atoms with Gasteiger partial charge in [-0.15, -0.1) is 0 Å². The van der Waals surface area contributed by atoms with Crippen molar-refractivity contribution in [2.45, 2.75) is 6.10 Å². The number of halogens is 1. The van der Waals surface area contributed by atoms with Gasteiger partial charge in [-0.05, 0) is 12.1 Å². The Morgan fingerprint density at radius 2 is 2.21 bits per heavy atom. The maximum atomic E-state index is 12.1. The van der Waals surface area contributed by atoms with Crippen LogP contribution in [0.5, 0.6) is 5.75 Å². The van der Waals surface area contributed by atoms with Crippen LogP contribution in [-0.2, 0) is 14.3 Å². The van der Waals surface area contributed by atoms with E-state index in [0.29, 0.717) is 17.1 Å². The molecule has 2 aliphatic rings. The summed E-state index contributed by atoms with van der Waals surface area (Å²) in [4.78, 5) is 38.1. The van der Waals surface area contributed by atoms with Gasteiger partial charge in [-0.2, -0.15) is 0 Å². The van der Waals surface area contributed by atoms with E-state index < -0.39 is 24.8 Å². The molecule has 3 amide bonds. The largest absolute Gasteiger partial charge is 0.481 e. The Morgan fingerprint density at radius 1 is 1.42 bits per heavy atom. The van der Waals surface area contributed by atoms with E-state index in [2.05, 4.69) is 5.32 Å². The molecule has 3 rings (SSSR count). The fourth-order valence-electron chi connectivity index (χ4n) is 2.53. The molecule has 1 unspecified atom stereocenters. The second kappa shape index (κ2) is 6.34. The van der Waals surface area contributed by atoms with Gasteiger partial charge in [-0.25, -0.2) is 9.18 Å². The summed E-state index contributed by atoms with van der Waals surface area (Å²) in [6.07, 6.45) is -1.67. The number of carbonyl (C=O) groups excluding carboxylic acids is 3. The minimum atomic E-state index is -0.995. The van der Waals surface area contributed by atoms with E-state index in [0.717, 1.165) is 0 Å². The number of likely N-dealkylation sites (N-methyl/N-ethyl adjacent to an activating group) is 1. The molecule has 0 radical (unpaired) electrons. The highest BCUT2D eigenvalue weighted by Crippen LogP contribution is 2.35. The van der Waals surface area contributed by atoms with E-state index in [9.17, 15) is 18.8 Å². The topological polar surface area (TPSA) is 88.2 Å². The quantitative estimate of drug-likeness (QED) is 0.862. The normalized spacial score (nSPS) is 19.7. The van der Waals surface area contributed by atoms with Crippen LogP contribution < -0.4 is 19.9 Å². The van der Waals surface area contributed by atoms with Gasteiger partial charge in [0, 0.05) is 19.7 Å². The fraction of sp³-hybridized carbons (Fsp3) is 0.400. The Kier molecular flexibility index (Phi) is 4.24. The zero-order chi connectivity index (χ0) is 17.3. The van der Waals surface area contributed by atoms with Crippen molar-refractivity contribution in [2.75, 3.05) is 43.2 Å². The van der Waals surface area contributed by atoms with Crippen molar-refractivity contribution in [2.24, 2.45) is 0 Å². The van der Waals surface area contributed by atoms with Gasteiger partial charge >= 0.3 is 6.09 Å². The number of rotatable bonds is 4. The molecule has 1 saturated heterocycles. The molecule has 9 heteroatoms. The van der Waals surface area contributed by atoms with Crippen molar-refractivity contribution >= 4 is 29.3 Å². The monoisotopic (exact) mass is 337 g/mol. The number of anilines is 2. The van der Waals surface area contributed by atoms with Crippen molar-refractivity contribution in [3.05, 3.63) is 18.2 Å². The molecule has 0 aliphatic carbocycles. The third kappa shape index (κ3) is 2.84. The van der Waals surface area contributed by atoms with Crippen molar-refractivity contribution in [3.8, 4) is 5.75 Å².